The lowest BCUT2D eigenvalue weighted by Gasteiger charge is -1.82. The normalized spacial score (nSPS) is 9.86. The highest BCUT2D eigenvalue weighted by Crippen LogP contribution is 2.05. The number of rotatable bonds is 3. The molecule has 0 aliphatic heterocycles. The van der Waals surface area contributed by atoms with Crippen molar-refractivity contribution < 1.29 is 9.69 Å². The molecule has 0 bridgehead atoms. The molecule has 1 atom stereocenters. The molecule has 0 radical (unpaired) electrons. The van der Waals surface area contributed by atoms with E-state index in [1.807, 2.05) is 0 Å². The van der Waals surface area contributed by atoms with Crippen LogP contribution in [0.5, 0.6) is 0 Å². The van der Waals surface area contributed by atoms with E-state index < -0.39 is 8.81 Å². The molecule has 0 aromatic rings. The molecule has 2 nitrogen and oxygen atoms in total. The summed E-state index contributed by atoms with van der Waals surface area (Å²) >= 11 is 0. The van der Waals surface area contributed by atoms with E-state index in [9.17, 15) is 4.79 Å². The van der Waals surface area contributed by atoms with E-state index in [1.165, 1.54) is 6.08 Å². The van der Waals surface area contributed by atoms with Crippen molar-refractivity contribution in [2.45, 2.75) is 6.42 Å². The maximum atomic E-state index is 10.1. The second-order valence-corrected chi connectivity index (χ2v) is 1.81. The van der Waals surface area contributed by atoms with Gasteiger partial charge in [-0.3, -0.25) is 4.79 Å². The van der Waals surface area contributed by atoms with Gasteiger partial charge < -0.3 is 4.89 Å². The fraction of sp³-hybridized carbons (Fsp3) is 0.250. The molecule has 0 saturated heterocycles. The Hall–Kier alpha value is -0.200. The van der Waals surface area contributed by atoms with Crippen LogP contribution in [0.25, 0.3) is 0 Å². The number of allylic oxidation sites excluding steroid dienone is 1. The van der Waals surface area contributed by atoms with E-state index in [4.69, 9.17) is 4.89 Å². The first-order valence-corrected chi connectivity index (χ1v) is 2.79. The van der Waals surface area contributed by atoms with Crippen LogP contribution in [0.15, 0.2) is 12.7 Å². The molecule has 3 heteroatoms. The van der Waals surface area contributed by atoms with Crippen LogP contribution < -0.4 is 0 Å². The Morgan fingerprint density at radius 3 is 2.71 bits per heavy atom. The van der Waals surface area contributed by atoms with Crippen LogP contribution in [0, 0.1) is 0 Å². The van der Waals surface area contributed by atoms with Crippen LogP contribution in [0.2, 0.25) is 0 Å². The first kappa shape index (κ1) is 6.80. The van der Waals surface area contributed by atoms with Gasteiger partial charge in [-0.05, 0) is 0 Å². The first-order chi connectivity index (χ1) is 3.31. The van der Waals surface area contributed by atoms with Gasteiger partial charge in [0.1, 0.15) is 0 Å². The Bertz CT molecular complexity index is 79.8. The number of carbonyl (C=O) groups is 1. The van der Waals surface area contributed by atoms with Gasteiger partial charge in [-0.1, -0.05) is 6.08 Å². The van der Waals surface area contributed by atoms with Gasteiger partial charge in [-0.2, -0.15) is 0 Å². The molecule has 0 aliphatic carbocycles. The summed E-state index contributed by atoms with van der Waals surface area (Å²) < 4.78 is 0. The molecule has 1 unspecified atom stereocenters. The van der Waals surface area contributed by atoms with Gasteiger partial charge >= 0.3 is 0 Å². The minimum absolute atomic E-state index is 0.157. The van der Waals surface area contributed by atoms with Crippen molar-refractivity contribution in [3.05, 3.63) is 12.7 Å². The van der Waals surface area contributed by atoms with Gasteiger partial charge in [0.2, 0.25) is 0 Å². The van der Waals surface area contributed by atoms with Crippen molar-refractivity contribution in [2.75, 3.05) is 0 Å². The fourth-order valence-electron chi connectivity index (χ4n) is 0.177. The molecule has 7 heavy (non-hydrogen) atoms. The third-order valence-corrected chi connectivity index (χ3v) is 0.908. The summed E-state index contributed by atoms with van der Waals surface area (Å²) in [6.07, 6.45) is 1.76. The smallest absolute Gasteiger partial charge is 0.182 e. The maximum Gasteiger partial charge on any atom is 0.182 e. The summed E-state index contributed by atoms with van der Waals surface area (Å²) in [5.41, 5.74) is -0.157. The highest BCUT2D eigenvalue weighted by Gasteiger charge is 1.91. The molecule has 0 aliphatic rings. The molecular formula is C4H7O2P. The quantitative estimate of drug-likeness (QED) is 0.437. The van der Waals surface area contributed by atoms with E-state index in [1.54, 1.807) is 0 Å². The second kappa shape index (κ2) is 3.97. The van der Waals surface area contributed by atoms with Crippen molar-refractivity contribution in [2.24, 2.45) is 0 Å². The zero-order valence-electron chi connectivity index (χ0n) is 3.85. The number of carbonyl (C=O) groups excluding carboxylic acids is 1. The van der Waals surface area contributed by atoms with Crippen LogP contribution >= 0.6 is 8.81 Å². The highest BCUT2D eigenvalue weighted by atomic mass is 31.1. The van der Waals surface area contributed by atoms with Gasteiger partial charge in [0, 0.05) is 6.42 Å². The van der Waals surface area contributed by atoms with E-state index >= 15 is 0 Å². The molecule has 1 N–H and O–H groups in total. The number of hydrogen-bond donors (Lipinski definition) is 1. The molecular weight excluding hydrogens is 111 g/mol. The SMILES string of the molecule is C=CCC(=O)PO. The van der Waals surface area contributed by atoms with Gasteiger partial charge in [-0.25, -0.2) is 0 Å². The average molecular weight is 118 g/mol. The van der Waals surface area contributed by atoms with Gasteiger partial charge in [0.05, 0.1) is 8.81 Å². The van der Waals surface area contributed by atoms with Crippen molar-refractivity contribution in [3.8, 4) is 0 Å². The maximum absolute atomic E-state index is 10.1. The zero-order valence-corrected chi connectivity index (χ0v) is 4.85. The zero-order chi connectivity index (χ0) is 5.70. The van der Waals surface area contributed by atoms with Gasteiger partial charge in [0.15, 0.2) is 5.52 Å². The Kier molecular flexibility index (Phi) is 3.86. The van der Waals surface area contributed by atoms with E-state index in [-0.39, 0.29) is 11.9 Å². The first-order valence-electron chi connectivity index (χ1n) is 1.85. The van der Waals surface area contributed by atoms with Crippen LogP contribution in [0.3, 0.4) is 0 Å². The lowest BCUT2D eigenvalue weighted by molar-refractivity contribution is -0.111. The molecule has 0 saturated carbocycles. The Morgan fingerprint density at radius 1 is 2.00 bits per heavy atom. The van der Waals surface area contributed by atoms with Crippen molar-refractivity contribution in [1.29, 1.82) is 0 Å². The topological polar surface area (TPSA) is 37.3 Å². The van der Waals surface area contributed by atoms with E-state index in [2.05, 4.69) is 6.58 Å². The minimum atomic E-state index is -0.572. The molecule has 0 rings (SSSR count). The molecule has 0 amide bonds. The number of hydrogen-bond acceptors (Lipinski definition) is 2. The lowest BCUT2D eigenvalue weighted by Crippen LogP contribution is -1.81. The van der Waals surface area contributed by atoms with Crippen LogP contribution in [0.4, 0.5) is 0 Å². The Labute approximate surface area is 44.1 Å². The largest absolute Gasteiger partial charge is 0.369 e. The standard InChI is InChI=1S/C4H7O2P/c1-2-3-4(5)7-6/h2,6-7H,1,3H2. The molecule has 0 aromatic heterocycles. The van der Waals surface area contributed by atoms with Crippen LogP contribution in [-0.4, -0.2) is 10.4 Å². The van der Waals surface area contributed by atoms with Crippen LogP contribution in [0.1, 0.15) is 6.42 Å². The molecule has 0 spiro atoms. The molecule has 0 aromatic carbocycles. The Balaban J connectivity index is 3.17. The average Bonchev–Trinajstić information content (AvgIpc) is 1.68. The predicted octanol–water partition coefficient (Wildman–Crippen LogP) is 0.675. The second-order valence-electron chi connectivity index (χ2n) is 1.03. The highest BCUT2D eigenvalue weighted by molar-refractivity contribution is 7.52. The molecule has 40 valence electrons. The fourth-order valence-corrected chi connectivity index (χ4v) is 0.412. The summed E-state index contributed by atoms with van der Waals surface area (Å²) in [5.74, 6) is 0. The minimum Gasteiger partial charge on any atom is -0.369 e. The van der Waals surface area contributed by atoms with Crippen LogP contribution in [-0.2, 0) is 4.79 Å². The summed E-state index contributed by atoms with van der Waals surface area (Å²) in [7, 11) is -0.572. The van der Waals surface area contributed by atoms with E-state index in [0.717, 1.165) is 0 Å². The summed E-state index contributed by atoms with van der Waals surface area (Å²) in [6.45, 7) is 3.32. The summed E-state index contributed by atoms with van der Waals surface area (Å²) in [4.78, 5) is 18.2. The molecule has 0 heterocycles. The van der Waals surface area contributed by atoms with Crippen molar-refractivity contribution >= 4 is 14.3 Å². The monoisotopic (exact) mass is 118 g/mol. The van der Waals surface area contributed by atoms with Crippen molar-refractivity contribution in [1.82, 2.24) is 0 Å². The van der Waals surface area contributed by atoms with Gasteiger partial charge in [0.25, 0.3) is 0 Å². The third-order valence-electron chi connectivity index (χ3n) is 0.454. The third kappa shape index (κ3) is 3.64. The summed E-state index contributed by atoms with van der Waals surface area (Å²) in [5, 5.41) is 0. The lowest BCUT2D eigenvalue weighted by atomic mass is 10.5. The molecule has 0 fully saturated rings. The van der Waals surface area contributed by atoms with E-state index in [0.29, 0.717) is 0 Å². The van der Waals surface area contributed by atoms with Crippen molar-refractivity contribution in [3.63, 3.8) is 0 Å². The Morgan fingerprint density at radius 2 is 2.57 bits per heavy atom. The van der Waals surface area contributed by atoms with Gasteiger partial charge in [-0.15, -0.1) is 6.58 Å². The predicted molar refractivity (Wildman–Crippen MR) is 30.4 cm³/mol. The summed E-state index contributed by atoms with van der Waals surface area (Å²) in [6, 6.07) is 0.